The summed E-state index contributed by atoms with van der Waals surface area (Å²) < 4.78 is 0. The van der Waals surface area contributed by atoms with Crippen LogP contribution in [0.5, 0.6) is 0 Å². The van der Waals surface area contributed by atoms with E-state index in [-0.39, 0.29) is 5.78 Å². The summed E-state index contributed by atoms with van der Waals surface area (Å²) in [6.07, 6.45) is 19.3. The maximum Gasteiger partial charge on any atom is 0.129 e. The average molecular weight is 391 g/mol. The van der Waals surface area contributed by atoms with Crippen molar-refractivity contribution in [1.29, 1.82) is 0 Å². The second-order valence-corrected chi connectivity index (χ2v) is 5.20. The molecule has 0 amide bonds. The average Bonchev–Trinajstić information content (AvgIpc) is 2.77. The fourth-order valence-corrected chi connectivity index (χ4v) is 2.02. The molecule has 0 spiro atoms. The van der Waals surface area contributed by atoms with Crippen molar-refractivity contribution in [2.45, 2.75) is 93.4 Å². The molecule has 2 nitrogen and oxygen atoms in total. The molecule has 1 aliphatic rings. The smallest absolute Gasteiger partial charge is 0.129 e. The highest BCUT2D eigenvalue weighted by atomic mass is 16.1. The zero-order chi connectivity index (χ0) is 22.6. The number of Topliss-reactive ketones (excluding diaryl/α,β-unsaturated/α-hetero) is 1. The van der Waals surface area contributed by atoms with Gasteiger partial charge in [-0.3, -0.25) is 0 Å². The SMILES string of the molecule is C=C/C=C(\C=C)CCCC(C)=O.CC.CC.CC.O=CCCC1=CCCC=C1. The summed E-state index contributed by atoms with van der Waals surface area (Å²) in [7, 11) is 0. The lowest BCUT2D eigenvalue weighted by Crippen LogP contribution is -1.89. The van der Waals surface area contributed by atoms with Crippen molar-refractivity contribution >= 4 is 12.1 Å². The van der Waals surface area contributed by atoms with E-state index >= 15 is 0 Å². The molecule has 0 bridgehead atoms. The summed E-state index contributed by atoms with van der Waals surface area (Å²) in [5, 5.41) is 0. The normalized spacial score (nSPS) is 11.2. The van der Waals surface area contributed by atoms with Crippen molar-refractivity contribution in [3.63, 3.8) is 0 Å². The summed E-state index contributed by atoms with van der Waals surface area (Å²) >= 11 is 0. The molecule has 0 saturated heterocycles. The van der Waals surface area contributed by atoms with Gasteiger partial charge in [0.15, 0.2) is 0 Å². The van der Waals surface area contributed by atoms with Crippen molar-refractivity contribution in [3.05, 3.63) is 60.8 Å². The van der Waals surface area contributed by atoms with E-state index in [2.05, 4.69) is 31.4 Å². The molecule has 162 valence electrons. The third-order valence-corrected chi connectivity index (χ3v) is 3.21. The van der Waals surface area contributed by atoms with Gasteiger partial charge in [0.2, 0.25) is 0 Å². The maximum absolute atomic E-state index is 10.6. The van der Waals surface area contributed by atoms with Crippen LogP contribution in [0, 0.1) is 0 Å². The molecule has 28 heavy (non-hydrogen) atoms. The lowest BCUT2D eigenvalue weighted by molar-refractivity contribution is -0.117. The van der Waals surface area contributed by atoms with Crippen LogP contribution < -0.4 is 0 Å². The molecule has 2 heteroatoms. The number of rotatable bonds is 9. The Morgan fingerprint density at radius 1 is 1.04 bits per heavy atom. The first-order valence-electron chi connectivity index (χ1n) is 10.9. The minimum absolute atomic E-state index is 0.247. The van der Waals surface area contributed by atoms with E-state index in [1.807, 2.05) is 53.7 Å². The Morgan fingerprint density at radius 3 is 2.04 bits per heavy atom. The lowest BCUT2D eigenvalue weighted by atomic mass is 10.0. The van der Waals surface area contributed by atoms with Crippen molar-refractivity contribution in [1.82, 2.24) is 0 Å². The fraction of sp³-hybridized carbons (Fsp3) is 0.538. The standard InChI is InChI=1S/C11H16O.C9H12O.3C2H6/c1-4-7-11(5-2)9-6-8-10(3)12;10-8-4-7-9-5-2-1-3-6-9;3*1-2/h4-5,7H,1-2,6,8-9H2,3H3;2,5-6,8H,1,3-4,7H2;3*1-2H3/b11-7+;;;;. The topological polar surface area (TPSA) is 34.1 Å². The molecule has 1 aliphatic carbocycles. The van der Waals surface area contributed by atoms with Crippen LogP contribution in [0.1, 0.15) is 93.4 Å². The van der Waals surface area contributed by atoms with Gasteiger partial charge < -0.3 is 9.59 Å². The minimum Gasteiger partial charge on any atom is -0.303 e. The quantitative estimate of drug-likeness (QED) is 0.293. The van der Waals surface area contributed by atoms with E-state index in [1.165, 1.54) is 5.57 Å². The molecule has 0 fully saturated rings. The van der Waals surface area contributed by atoms with E-state index in [4.69, 9.17) is 0 Å². The maximum atomic E-state index is 10.6. The number of allylic oxidation sites excluding steroid dienone is 8. The van der Waals surface area contributed by atoms with Crippen molar-refractivity contribution in [3.8, 4) is 0 Å². The van der Waals surface area contributed by atoms with Crippen LogP contribution in [-0.4, -0.2) is 12.1 Å². The van der Waals surface area contributed by atoms with Gasteiger partial charge in [0, 0.05) is 12.8 Å². The molecule has 0 aliphatic heterocycles. The Balaban J connectivity index is -0.000000163. The Kier molecular flexibility index (Phi) is 39.2. The van der Waals surface area contributed by atoms with E-state index in [0.717, 1.165) is 44.0 Å². The van der Waals surface area contributed by atoms with Crippen LogP contribution in [0.15, 0.2) is 60.8 Å². The van der Waals surface area contributed by atoms with E-state index in [9.17, 15) is 9.59 Å². The Bertz CT molecular complexity index is 451. The molecule has 0 saturated carbocycles. The molecular weight excluding hydrogens is 344 g/mol. The highest BCUT2D eigenvalue weighted by Crippen LogP contribution is 2.13. The van der Waals surface area contributed by atoms with E-state index < -0.39 is 0 Å². The largest absolute Gasteiger partial charge is 0.303 e. The second-order valence-electron chi connectivity index (χ2n) is 5.20. The van der Waals surface area contributed by atoms with Crippen LogP contribution >= 0.6 is 0 Å². The van der Waals surface area contributed by atoms with Gasteiger partial charge in [-0.2, -0.15) is 0 Å². The minimum atomic E-state index is 0.247. The third kappa shape index (κ3) is 28.8. The van der Waals surface area contributed by atoms with Crippen molar-refractivity contribution in [2.75, 3.05) is 0 Å². The van der Waals surface area contributed by atoms with Crippen molar-refractivity contribution < 1.29 is 9.59 Å². The summed E-state index contributed by atoms with van der Waals surface area (Å²) in [5.74, 6) is 0.247. The van der Waals surface area contributed by atoms with Gasteiger partial charge in [-0.25, -0.2) is 0 Å². The predicted molar refractivity (Wildman–Crippen MR) is 129 cm³/mol. The van der Waals surface area contributed by atoms with Gasteiger partial charge in [0.25, 0.3) is 0 Å². The molecule has 0 aromatic carbocycles. The lowest BCUT2D eigenvalue weighted by Gasteiger charge is -2.02. The Morgan fingerprint density at radius 2 is 1.64 bits per heavy atom. The van der Waals surface area contributed by atoms with Crippen LogP contribution in [0.4, 0.5) is 0 Å². The van der Waals surface area contributed by atoms with Gasteiger partial charge in [0.05, 0.1) is 0 Å². The number of aldehydes is 1. The van der Waals surface area contributed by atoms with E-state index in [1.54, 1.807) is 13.0 Å². The summed E-state index contributed by atoms with van der Waals surface area (Å²) in [4.78, 5) is 20.6. The summed E-state index contributed by atoms with van der Waals surface area (Å²) in [5.41, 5.74) is 2.46. The summed E-state index contributed by atoms with van der Waals surface area (Å²) in [6, 6.07) is 0. The Labute approximate surface area is 176 Å². The fourth-order valence-electron chi connectivity index (χ4n) is 2.02. The first-order chi connectivity index (χ1) is 13.6. The van der Waals surface area contributed by atoms with Gasteiger partial charge in [-0.15, -0.1) is 0 Å². The van der Waals surface area contributed by atoms with E-state index in [0.29, 0.717) is 12.8 Å². The summed E-state index contributed by atoms with van der Waals surface area (Å²) in [6.45, 7) is 20.9. The van der Waals surface area contributed by atoms with Crippen LogP contribution in [0.3, 0.4) is 0 Å². The second kappa shape index (κ2) is 32.7. The molecule has 0 unspecified atom stereocenters. The van der Waals surface area contributed by atoms with Gasteiger partial charge in [-0.05, 0) is 44.6 Å². The highest BCUT2D eigenvalue weighted by Gasteiger charge is 1.95. The molecule has 0 heterocycles. The first-order valence-corrected chi connectivity index (χ1v) is 10.9. The van der Waals surface area contributed by atoms with Gasteiger partial charge >= 0.3 is 0 Å². The molecule has 0 radical (unpaired) electrons. The Hall–Kier alpha value is -1.96. The predicted octanol–water partition coefficient (Wildman–Crippen LogP) is 8.36. The highest BCUT2D eigenvalue weighted by molar-refractivity contribution is 5.75. The van der Waals surface area contributed by atoms with Crippen LogP contribution in [0.25, 0.3) is 0 Å². The van der Waals surface area contributed by atoms with Gasteiger partial charge in [0.1, 0.15) is 12.1 Å². The monoisotopic (exact) mass is 390 g/mol. The van der Waals surface area contributed by atoms with Crippen LogP contribution in [-0.2, 0) is 9.59 Å². The van der Waals surface area contributed by atoms with Crippen molar-refractivity contribution in [2.24, 2.45) is 0 Å². The molecule has 0 aromatic heterocycles. The number of ketones is 1. The zero-order valence-corrected chi connectivity index (χ0v) is 19.7. The third-order valence-electron chi connectivity index (χ3n) is 3.21. The zero-order valence-electron chi connectivity index (χ0n) is 19.7. The molecular formula is C26H46O2. The number of carbonyl (C=O) groups is 2. The number of hydrogen-bond donors (Lipinski definition) is 0. The molecule has 0 N–H and O–H groups in total. The van der Waals surface area contributed by atoms with Crippen LogP contribution in [0.2, 0.25) is 0 Å². The molecule has 1 rings (SSSR count). The number of carbonyl (C=O) groups excluding carboxylic acids is 2. The number of hydrogen-bond acceptors (Lipinski definition) is 2. The molecule has 0 atom stereocenters. The van der Waals surface area contributed by atoms with Gasteiger partial charge in [-0.1, -0.05) is 96.7 Å². The first kappa shape index (κ1) is 33.6. The molecule has 0 aromatic rings.